The fourth-order valence-electron chi connectivity index (χ4n) is 3.19. The summed E-state index contributed by atoms with van der Waals surface area (Å²) in [5.74, 6) is -0.0526. The van der Waals surface area contributed by atoms with Crippen LogP contribution in [-0.2, 0) is 14.2 Å². The van der Waals surface area contributed by atoms with Gasteiger partial charge in [0.05, 0.1) is 12.9 Å². The summed E-state index contributed by atoms with van der Waals surface area (Å²) >= 11 is 0. The maximum atomic E-state index is 6.00. The molecule has 0 saturated heterocycles. The van der Waals surface area contributed by atoms with E-state index < -0.39 is 5.79 Å². The monoisotopic (exact) mass is 328 g/mol. The van der Waals surface area contributed by atoms with E-state index in [1.807, 2.05) is 13.8 Å². The number of hydrogen-bond donors (Lipinski definition) is 0. The third-order valence-electron chi connectivity index (χ3n) is 4.44. The van der Waals surface area contributed by atoms with Gasteiger partial charge in [0.2, 0.25) is 0 Å². The summed E-state index contributed by atoms with van der Waals surface area (Å²) in [6.07, 6.45) is 12.7. The summed E-state index contributed by atoms with van der Waals surface area (Å²) in [6, 6.07) is 0. The van der Waals surface area contributed by atoms with Crippen LogP contribution in [0.3, 0.4) is 0 Å². The van der Waals surface area contributed by atoms with E-state index in [2.05, 4.69) is 20.4 Å². The van der Waals surface area contributed by atoms with Crippen LogP contribution in [-0.4, -0.2) is 25.6 Å². The van der Waals surface area contributed by atoms with Crippen molar-refractivity contribution in [2.24, 2.45) is 5.92 Å². The minimum absolute atomic E-state index is 0.419. The highest BCUT2D eigenvalue weighted by molar-refractivity contribution is 4.76. The van der Waals surface area contributed by atoms with Gasteiger partial charge in [-0.05, 0) is 40.0 Å². The third-order valence-corrected chi connectivity index (χ3v) is 4.44. The predicted molar refractivity (Wildman–Crippen MR) is 98.5 cm³/mol. The Morgan fingerprint density at radius 1 is 0.870 bits per heavy atom. The summed E-state index contributed by atoms with van der Waals surface area (Å²) in [5, 5.41) is 0. The van der Waals surface area contributed by atoms with Crippen molar-refractivity contribution in [3.05, 3.63) is 12.8 Å². The zero-order valence-corrected chi connectivity index (χ0v) is 16.1. The zero-order valence-electron chi connectivity index (χ0n) is 16.1. The van der Waals surface area contributed by atoms with Gasteiger partial charge < -0.3 is 14.2 Å². The van der Waals surface area contributed by atoms with Crippen molar-refractivity contribution in [1.29, 1.82) is 0 Å². The Balaban J connectivity index is 4.42. The standard InChI is InChI=1S/C20H40O3/c1-6-10-11-12-13-14-16-19(17-15-18-21-7-2)20(5,22-8-3)23-9-4/h7,19H,2,6,8-18H2,1,3-5H3. The highest BCUT2D eigenvalue weighted by Gasteiger charge is 2.34. The van der Waals surface area contributed by atoms with E-state index in [9.17, 15) is 0 Å². The maximum absolute atomic E-state index is 6.00. The van der Waals surface area contributed by atoms with Gasteiger partial charge in [-0.3, -0.25) is 0 Å². The molecule has 0 aromatic rings. The van der Waals surface area contributed by atoms with E-state index in [4.69, 9.17) is 14.2 Å². The van der Waals surface area contributed by atoms with Crippen molar-refractivity contribution in [2.45, 2.75) is 91.3 Å². The van der Waals surface area contributed by atoms with Crippen molar-refractivity contribution in [3.8, 4) is 0 Å². The number of hydrogen-bond acceptors (Lipinski definition) is 3. The molecular weight excluding hydrogens is 288 g/mol. The van der Waals surface area contributed by atoms with Crippen molar-refractivity contribution >= 4 is 0 Å². The third kappa shape index (κ3) is 10.8. The molecule has 0 aromatic carbocycles. The molecule has 0 heterocycles. The average Bonchev–Trinajstić information content (AvgIpc) is 2.53. The van der Waals surface area contributed by atoms with Gasteiger partial charge in [0.15, 0.2) is 5.79 Å². The number of rotatable bonds is 17. The SMILES string of the molecule is C=COCCCC(CCCCCCCC)C(C)(OCC)OCC. The topological polar surface area (TPSA) is 27.7 Å². The molecule has 23 heavy (non-hydrogen) atoms. The quantitative estimate of drug-likeness (QED) is 0.184. The van der Waals surface area contributed by atoms with Gasteiger partial charge in [0, 0.05) is 19.1 Å². The Labute approximate surface area is 144 Å². The van der Waals surface area contributed by atoms with Gasteiger partial charge in [-0.25, -0.2) is 0 Å². The maximum Gasteiger partial charge on any atom is 0.168 e. The molecule has 0 aliphatic rings. The van der Waals surface area contributed by atoms with Crippen molar-refractivity contribution < 1.29 is 14.2 Å². The molecule has 0 aromatic heterocycles. The van der Waals surface area contributed by atoms with E-state index in [-0.39, 0.29) is 0 Å². The van der Waals surface area contributed by atoms with E-state index in [0.717, 1.165) is 25.9 Å². The average molecular weight is 329 g/mol. The fraction of sp³-hybridized carbons (Fsp3) is 0.900. The molecular formula is C20H40O3. The zero-order chi connectivity index (χ0) is 17.4. The molecule has 0 rings (SSSR count). The van der Waals surface area contributed by atoms with Gasteiger partial charge in [-0.1, -0.05) is 52.0 Å². The first-order valence-corrected chi connectivity index (χ1v) is 9.64. The van der Waals surface area contributed by atoms with Crippen molar-refractivity contribution in [1.82, 2.24) is 0 Å². The van der Waals surface area contributed by atoms with Crippen LogP contribution < -0.4 is 0 Å². The Morgan fingerprint density at radius 3 is 2.00 bits per heavy atom. The molecule has 1 unspecified atom stereocenters. The van der Waals surface area contributed by atoms with Crippen LogP contribution >= 0.6 is 0 Å². The Bertz CT molecular complexity index is 260. The molecule has 0 spiro atoms. The van der Waals surface area contributed by atoms with Crippen LogP contribution in [0.2, 0.25) is 0 Å². The molecule has 0 bridgehead atoms. The van der Waals surface area contributed by atoms with E-state index >= 15 is 0 Å². The summed E-state index contributed by atoms with van der Waals surface area (Å²) in [5.41, 5.74) is 0. The summed E-state index contributed by atoms with van der Waals surface area (Å²) in [6.45, 7) is 14.2. The lowest BCUT2D eigenvalue weighted by Crippen LogP contribution is -2.41. The molecule has 0 aliphatic heterocycles. The molecule has 0 N–H and O–H groups in total. The van der Waals surface area contributed by atoms with Gasteiger partial charge in [-0.2, -0.15) is 0 Å². The van der Waals surface area contributed by atoms with Crippen LogP contribution in [0, 0.1) is 5.92 Å². The van der Waals surface area contributed by atoms with Crippen molar-refractivity contribution in [2.75, 3.05) is 19.8 Å². The largest absolute Gasteiger partial charge is 0.502 e. The van der Waals surface area contributed by atoms with E-state index in [1.54, 1.807) is 0 Å². The number of ether oxygens (including phenoxy) is 3. The normalized spacial score (nSPS) is 13.0. The van der Waals surface area contributed by atoms with Crippen molar-refractivity contribution in [3.63, 3.8) is 0 Å². The van der Waals surface area contributed by atoms with Crippen LogP contribution in [0.4, 0.5) is 0 Å². The summed E-state index contributed by atoms with van der Waals surface area (Å²) in [7, 11) is 0. The van der Waals surface area contributed by atoms with Gasteiger partial charge in [0.1, 0.15) is 0 Å². The minimum Gasteiger partial charge on any atom is -0.502 e. The van der Waals surface area contributed by atoms with Gasteiger partial charge in [0.25, 0.3) is 0 Å². The van der Waals surface area contributed by atoms with Crippen LogP contribution in [0.5, 0.6) is 0 Å². The van der Waals surface area contributed by atoms with E-state index in [0.29, 0.717) is 19.1 Å². The van der Waals surface area contributed by atoms with E-state index in [1.165, 1.54) is 44.8 Å². The summed E-state index contributed by atoms with van der Waals surface area (Å²) < 4.78 is 17.3. The minimum atomic E-state index is -0.471. The molecule has 1 atom stereocenters. The molecule has 3 nitrogen and oxygen atoms in total. The number of unbranched alkanes of at least 4 members (excludes halogenated alkanes) is 5. The first kappa shape index (κ1) is 22.5. The molecule has 0 saturated carbocycles. The van der Waals surface area contributed by atoms with Gasteiger partial charge >= 0.3 is 0 Å². The first-order chi connectivity index (χ1) is 11.1. The lowest BCUT2D eigenvalue weighted by Gasteiger charge is -2.37. The molecule has 0 aliphatic carbocycles. The highest BCUT2D eigenvalue weighted by Crippen LogP contribution is 2.32. The Hall–Kier alpha value is -0.540. The van der Waals surface area contributed by atoms with Crippen LogP contribution in [0.15, 0.2) is 12.8 Å². The van der Waals surface area contributed by atoms with Crippen LogP contribution in [0.25, 0.3) is 0 Å². The second-order valence-electron chi connectivity index (χ2n) is 6.32. The molecule has 3 heteroatoms. The van der Waals surface area contributed by atoms with Crippen LogP contribution in [0.1, 0.15) is 85.5 Å². The molecule has 138 valence electrons. The molecule has 0 amide bonds. The Morgan fingerprint density at radius 2 is 1.43 bits per heavy atom. The fourth-order valence-corrected chi connectivity index (χ4v) is 3.19. The first-order valence-electron chi connectivity index (χ1n) is 9.64. The van der Waals surface area contributed by atoms with Gasteiger partial charge in [-0.15, -0.1) is 0 Å². The lowest BCUT2D eigenvalue weighted by molar-refractivity contribution is -0.254. The summed E-state index contributed by atoms with van der Waals surface area (Å²) in [4.78, 5) is 0. The highest BCUT2D eigenvalue weighted by atomic mass is 16.7. The second-order valence-corrected chi connectivity index (χ2v) is 6.32. The smallest absolute Gasteiger partial charge is 0.168 e. The molecule has 0 radical (unpaired) electrons. The molecule has 0 fully saturated rings. The lowest BCUT2D eigenvalue weighted by atomic mass is 9.88. The predicted octanol–water partition coefficient (Wildman–Crippen LogP) is 6.08. The second kappa shape index (κ2) is 15.0. The Kier molecular flexibility index (Phi) is 14.7.